The van der Waals surface area contributed by atoms with Crippen LogP contribution in [0.4, 0.5) is 11.4 Å². The molecular weight excluding hydrogens is 266 g/mol. The number of aliphatic hydroxyl groups is 1. The number of hydrogen-bond acceptors (Lipinski definition) is 6. The third kappa shape index (κ3) is 2.66. The van der Waals surface area contributed by atoms with Gasteiger partial charge < -0.3 is 10.0 Å². The number of nitro groups is 1. The van der Waals surface area contributed by atoms with Crippen molar-refractivity contribution in [2.24, 2.45) is 0 Å². The molecule has 1 heterocycles. The third-order valence-electron chi connectivity index (χ3n) is 2.95. The van der Waals surface area contributed by atoms with Gasteiger partial charge in [-0.05, 0) is 25.5 Å². The highest BCUT2D eigenvalue weighted by Crippen LogP contribution is 2.36. The maximum atomic E-state index is 11.3. The second kappa shape index (κ2) is 5.94. The Morgan fingerprint density at radius 1 is 1.53 bits per heavy atom. The number of anilines is 1. The largest absolute Gasteiger partial charge is 0.396 e. The molecule has 0 atom stereocenters. The quantitative estimate of drug-likeness (QED) is 0.649. The average molecular weight is 281 g/mol. The van der Waals surface area contributed by atoms with Crippen molar-refractivity contribution in [1.82, 2.24) is 4.98 Å². The minimum Gasteiger partial charge on any atom is -0.396 e. The van der Waals surface area contributed by atoms with Gasteiger partial charge >= 0.3 is 5.69 Å². The molecule has 2 rings (SSSR count). The monoisotopic (exact) mass is 281 g/mol. The van der Waals surface area contributed by atoms with Crippen LogP contribution in [-0.2, 0) is 0 Å². The second-order valence-electron chi connectivity index (χ2n) is 4.05. The van der Waals surface area contributed by atoms with Gasteiger partial charge in [-0.2, -0.15) is 0 Å². The fourth-order valence-corrected chi connectivity index (χ4v) is 2.73. The van der Waals surface area contributed by atoms with E-state index in [1.807, 2.05) is 17.9 Å². The summed E-state index contributed by atoms with van der Waals surface area (Å²) in [6, 6.07) is 3.62. The summed E-state index contributed by atoms with van der Waals surface area (Å²) < 4.78 is 0.814. The Hall–Kier alpha value is -1.73. The van der Waals surface area contributed by atoms with Crippen LogP contribution in [0, 0.1) is 10.1 Å². The number of thiazole rings is 1. The van der Waals surface area contributed by atoms with Crippen molar-refractivity contribution >= 4 is 32.9 Å². The first-order valence-electron chi connectivity index (χ1n) is 6.05. The van der Waals surface area contributed by atoms with E-state index in [2.05, 4.69) is 4.98 Å². The first-order chi connectivity index (χ1) is 9.19. The van der Waals surface area contributed by atoms with Gasteiger partial charge in [0.15, 0.2) is 5.52 Å². The molecule has 1 aromatic carbocycles. The molecule has 0 saturated heterocycles. The summed E-state index contributed by atoms with van der Waals surface area (Å²) in [6.45, 7) is 3.25. The number of benzene rings is 1. The molecule has 1 aromatic heterocycles. The van der Waals surface area contributed by atoms with Crippen LogP contribution in [0.3, 0.4) is 0 Å². The number of aliphatic hydroxyl groups excluding tert-OH is 1. The number of aromatic nitrogens is 1. The number of fused-ring (bicyclic) bond motifs is 1. The minimum atomic E-state index is -0.376. The normalized spacial score (nSPS) is 10.8. The Morgan fingerprint density at radius 2 is 2.32 bits per heavy atom. The van der Waals surface area contributed by atoms with Crippen molar-refractivity contribution in [3.8, 4) is 0 Å². The summed E-state index contributed by atoms with van der Waals surface area (Å²) >= 11 is 1.39. The van der Waals surface area contributed by atoms with Gasteiger partial charge in [-0.25, -0.2) is 4.98 Å². The van der Waals surface area contributed by atoms with Gasteiger partial charge in [0.1, 0.15) is 5.69 Å². The van der Waals surface area contributed by atoms with E-state index in [-0.39, 0.29) is 17.2 Å². The summed E-state index contributed by atoms with van der Waals surface area (Å²) in [5, 5.41) is 20.2. The zero-order valence-electron chi connectivity index (χ0n) is 10.6. The van der Waals surface area contributed by atoms with Gasteiger partial charge in [0.05, 0.1) is 15.1 Å². The van der Waals surface area contributed by atoms with Crippen molar-refractivity contribution in [2.45, 2.75) is 13.3 Å². The maximum Gasteiger partial charge on any atom is 0.319 e. The van der Waals surface area contributed by atoms with E-state index >= 15 is 0 Å². The maximum absolute atomic E-state index is 11.3. The topological polar surface area (TPSA) is 79.5 Å². The van der Waals surface area contributed by atoms with Gasteiger partial charge in [0, 0.05) is 19.7 Å². The fourth-order valence-electron chi connectivity index (χ4n) is 2.05. The van der Waals surface area contributed by atoms with Crippen LogP contribution in [0.2, 0.25) is 0 Å². The Balaban J connectivity index is 2.51. The highest BCUT2D eigenvalue weighted by molar-refractivity contribution is 7.16. The highest BCUT2D eigenvalue weighted by Gasteiger charge is 2.23. The molecule has 2 aromatic rings. The van der Waals surface area contributed by atoms with Crippen molar-refractivity contribution in [3.05, 3.63) is 27.8 Å². The zero-order valence-corrected chi connectivity index (χ0v) is 11.4. The van der Waals surface area contributed by atoms with E-state index in [9.17, 15) is 10.1 Å². The lowest BCUT2D eigenvalue weighted by molar-refractivity contribution is -0.382. The standard InChI is InChI=1S/C12H15N3O3S/c1-2-14(6-3-7-16)9-4-5-10-11(13-8-19-10)12(9)15(17)18/h4-5,8,16H,2-3,6-7H2,1H3. The number of nitrogens with zero attached hydrogens (tertiary/aromatic N) is 3. The van der Waals surface area contributed by atoms with Crippen molar-refractivity contribution < 1.29 is 10.0 Å². The summed E-state index contributed by atoms with van der Waals surface area (Å²) in [6.07, 6.45) is 0.583. The number of nitro benzene ring substituents is 1. The molecule has 0 aliphatic carbocycles. The summed E-state index contributed by atoms with van der Waals surface area (Å²) in [5.74, 6) is 0. The summed E-state index contributed by atoms with van der Waals surface area (Å²) in [5.41, 5.74) is 2.68. The molecule has 0 amide bonds. The van der Waals surface area contributed by atoms with Crippen molar-refractivity contribution in [3.63, 3.8) is 0 Å². The minimum absolute atomic E-state index is 0.0542. The molecule has 0 bridgehead atoms. The van der Waals surface area contributed by atoms with Crippen LogP contribution in [0.5, 0.6) is 0 Å². The average Bonchev–Trinajstić information content (AvgIpc) is 2.86. The Labute approximate surface area is 114 Å². The van der Waals surface area contributed by atoms with Gasteiger partial charge in [0.25, 0.3) is 0 Å². The Kier molecular flexibility index (Phi) is 4.28. The lowest BCUT2D eigenvalue weighted by Crippen LogP contribution is -2.25. The molecular formula is C12H15N3O3S. The molecule has 0 aliphatic heterocycles. The highest BCUT2D eigenvalue weighted by atomic mass is 32.1. The third-order valence-corrected chi connectivity index (χ3v) is 3.74. The van der Waals surface area contributed by atoms with E-state index in [1.54, 1.807) is 11.6 Å². The van der Waals surface area contributed by atoms with Crippen LogP contribution < -0.4 is 4.90 Å². The molecule has 0 unspecified atom stereocenters. The molecule has 0 spiro atoms. The second-order valence-corrected chi connectivity index (χ2v) is 4.93. The molecule has 0 fully saturated rings. The van der Waals surface area contributed by atoms with Gasteiger partial charge in [-0.3, -0.25) is 10.1 Å². The first-order valence-corrected chi connectivity index (χ1v) is 6.93. The van der Waals surface area contributed by atoms with E-state index < -0.39 is 0 Å². The van der Waals surface area contributed by atoms with Crippen LogP contribution in [0.15, 0.2) is 17.6 Å². The van der Waals surface area contributed by atoms with Crippen molar-refractivity contribution in [2.75, 3.05) is 24.6 Å². The van der Waals surface area contributed by atoms with Crippen LogP contribution in [-0.4, -0.2) is 34.7 Å². The number of hydrogen-bond donors (Lipinski definition) is 1. The lowest BCUT2D eigenvalue weighted by Gasteiger charge is -2.22. The zero-order chi connectivity index (χ0) is 13.8. The molecule has 0 radical (unpaired) electrons. The molecule has 0 aliphatic rings. The molecule has 0 saturated carbocycles. The summed E-state index contributed by atoms with van der Waals surface area (Å²) in [4.78, 5) is 16.9. The molecule has 7 heteroatoms. The van der Waals surface area contributed by atoms with Crippen molar-refractivity contribution in [1.29, 1.82) is 0 Å². The lowest BCUT2D eigenvalue weighted by atomic mass is 10.2. The first kappa shape index (κ1) is 13.7. The molecule has 6 nitrogen and oxygen atoms in total. The summed E-state index contributed by atoms with van der Waals surface area (Å²) in [7, 11) is 0. The van der Waals surface area contributed by atoms with E-state index in [0.29, 0.717) is 30.7 Å². The van der Waals surface area contributed by atoms with Gasteiger partial charge in [-0.15, -0.1) is 11.3 Å². The van der Waals surface area contributed by atoms with Crippen LogP contribution in [0.25, 0.3) is 10.2 Å². The molecule has 19 heavy (non-hydrogen) atoms. The van der Waals surface area contributed by atoms with Gasteiger partial charge in [0.2, 0.25) is 0 Å². The van der Waals surface area contributed by atoms with Gasteiger partial charge in [-0.1, -0.05) is 0 Å². The van der Waals surface area contributed by atoms with E-state index in [4.69, 9.17) is 5.11 Å². The molecule has 102 valence electrons. The smallest absolute Gasteiger partial charge is 0.319 e. The predicted molar refractivity (Wildman–Crippen MR) is 75.9 cm³/mol. The Morgan fingerprint density at radius 3 is 2.95 bits per heavy atom. The SMILES string of the molecule is CCN(CCCO)c1ccc2scnc2c1[N+](=O)[O-]. The van der Waals surface area contributed by atoms with Crippen LogP contribution >= 0.6 is 11.3 Å². The van der Waals surface area contributed by atoms with E-state index in [0.717, 1.165) is 4.70 Å². The van der Waals surface area contributed by atoms with Crippen LogP contribution in [0.1, 0.15) is 13.3 Å². The predicted octanol–water partition coefficient (Wildman–Crippen LogP) is 2.41. The molecule has 1 N–H and O–H groups in total. The Bertz CT molecular complexity index is 585. The number of rotatable bonds is 6. The van der Waals surface area contributed by atoms with E-state index in [1.165, 1.54) is 11.3 Å². The fraction of sp³-hybridized carbons (Fsp3) is 0.417.